The number of carbonyl (C=O) groups is 1. The van der Waals surface area contributed by atoms with E-state index in [0.29, 0.717) is 12.1 Å². The van der Waals surface area contributed by atoms with Gasteiger partial charge in [0, 0.05) is 12.6 Å². The first kappa shape index (κ1) is 13.2. The summed E-state index contributed by atoms with van der Waals surface area (Å²) in [5.41, 5.74) is 1.64. The number of nitrogens with zero attached hydrogens (tertiary/aromatic N) is 1. The Bertz CT molecular complexity index is 421. The molecule has 90 valence electrons. The van der Waals surface area contributed by atoms with Crippen molar-refractivity contribution in [3.63, 3.8) is 0 Å². The Labute approximate surface area is 102 Å². The standard InChI is InChI=1S/C13H17N3O/c1-10(2)16-13(17)9-15-8-12-5-3-4-11(6-12)7-14/h3-6,10,15H,8-9H2,1-2H3,(H,16,17). The molecule has 4 heteroatoms. The smallest absolute Gasteiger partial charge is 0.234 e. The maximum absolute atomic E-state index is 11.3. The summed E-state index contributed by atoms with van der Waals surface area (Å²) in [6.07, 6.45) is 0. The van der Waals surface area contributed by atoms with E-state index in [9.17, 15) is 4.79 Å². The zero-order valence-corrected chi connectivity index (χ0v) is 10.2. The summed E-state index contributed by atoms with van der Waals surface area (Å²) in [4.78, 5) is 11.3. The number of amides is 1. The summed E-state index contributed by atoms with van der Waals surface area (Å²) < 4.78 is 0. The summed E-state index contributed by atoms with van der Waals surface area (Å²) in [7, 11) is 0. The van der Waals surface area contributed by atoms with E-state index in [1.165, 1.54) is 0 Å². The highest BCUT2D eigenvalue weighted by molar-refractivity contribution is 5.78. The van der Waals surface area contributed by atoms with Crippen molar-refractivity contribution in [3.8, 4) is 6.07 Å². The van der Waals surface area contributed by atoms with E-state index in [1.807, 2.05) is 32.0 Å². The van der Waals surface area contributed by atoms with Crippen molar-refractivity contribution < 1.29 is 4.79 Å². The molecule has 1 aromatic rings. The van der Waals surface area contributed by atoms with Gasteiger partial charge < -0.3 is 10.6 Å². The highest BCUT2D eigenvalue weighted by atomic mass is 16.1. The lowest BCUT2D eigenvalue weighted by atomic mass is 10.1. The number of benzene rings is 1. The Hall–Kier alpha value is -1.86. The third-order valence-corrected chi connectivity index (χ3v) is 2.12. The van der Waals surface area contributed by atoms with Crippen LogP contribution in [0.25, 0.3) is 0 Å². The van der Waals surface area contributed by atoms with Crippen LogP contribution in [0.15, 0.2) is 24.3 Å². The van der Waals surface area contributed by atoms with Crippen molar-refractivity contribution in [2.24, 2.45) is 0 Å². The van der Waals surface area contributed by atoms with Crippen LogP contribution in [0.3, 0.4) is 0 Å². The minimum Gasteiger partial charge on any atom is -0.353 e. The van der Waals surface area contributed by atoms with E-state index in [1.54, 1.807) is 6.07 Å². The second-order valence-electron chi connectivity index (χ2n) is 4.14. The molecule has 4 nitrogen and oxygen atoms in total. The lowest BCUT2D eigenvalue weighted by molar-refractivity contribution is -0.120. The molecule has 0 atom stereocenters. The monoisotopic (exact) mass is 231 g/mol. The molecule has 0 saturated carbocycles. The third-order valence-electron chi connectivity index (χ3n) is 2.12. The van der Waals surface area contributed by atoms with E-state index in [2.05, 4.69) is 16.7 Å². The summed E-state index contributed by atoms with van der Waals surface area (Å²) in [6, 6.07) is 9.58. The Morgan fingerprint density at radius 3 is 2.88 bits per heavy atom. The van der Waals surface area contributed by atoms with Gasteiger partial charge in [0.2, 0.25) is 5.91 Å². The van der Waals surface area contributed by atoms with Crippen molar-refractivity contribution in [1.29, 1.82) is 5.26 Å². The first-order valence-electron chi connectivity index (χ1n) is 5.61. The number of hydrogen-bond donors (Lipinski definition) is 2. The van der Waals surface area contributed by atoms with Crippen LogP contribution in [0.1, 0.15) is 25.0 Å². The Balaban J connectivity index is 2.36. The number of nitriles is 1. The highest BCUT2D eigenvalue weighted by Gasteiger charge is 2.02. The predicted molar refractivity (Wildman–Crippen MR) is 66.1 cm³/mol. The molecule has 17 heavy (non-hydrogen) atoms. The van der Waals surface area contributed by atoms with Gasteiger partial charge in [-0.3, -0.25) is 4.79 Å². The van der Waals surface area contributed by atoms with Gasteiger partial charge in [-0.15, -0.1) is 0 Å². The minimum atomic E-state index is -0.0172. The highest BCUT2D eigenvalue weighted by Crippen LogP contribution is 2.03. The molecule has 0 heterocycles. The van der Waals surface area contributed by atoms with Gasteiger partial charge in [-0.25, -0.2) is 0 Å². The molecule has 0 unspecified atom stereocenters. The summed E-state index contributed by atoms with van der Waals surface area (Å²) >= 11 is 0. The van der Waals surface area contributed by atoms with Crippen LogP contribution < -0.4 is 10.6 Å². The molecule has 0 aliphatic carbocycles. The molecule has 0 aromatic heterocycles. The first-order chi connectivity index (χ1) is 8.11. The molecule has 0 aliphatic heterocycles. The maximum Gasteiger partial charge on any atom is 0.234 e. The molecule has 2 N–H and O–H groups in total. The average Bonchev–Trinajstić information content (AvgIpc) is 2.28. The molecule has 1 amide bonds. The van der Waals surface area contributed by atoms with Crippen LogP contribution >= 0.6 is 0 Å². The number of nitrogens with one attached hydrogen (secondary N) is 2. The van der Waals surface area contributed by atoms with E-state index >= 15 is 0 Å². The van der Waals surface area contributed by atoms with E-state index in [-0.39, 0.29) is 18.5 Å². The van der Waals surface area contributed by atoms with Crippen molar-refractivity contribution in [3.05, 3.63) is 35.4 Å². The molecule has 0 fully saturated rings. The van der Waals surface area contributed by atoms with Crippen LogP contribution in [-0.2, 0) is 11.3 Å². The van der Waals surface area contributed by atoms with Crippen molar-refractivity contribution >= 4 is 5.91 Å². The molecule has 0 aliphatic rings. The lowest BCUT2D eigenvalue weighted by Gasteiger charge is -2.09. The first-order valence-corrected chi connectivity index (χ1v) is 5.61. The van der Waals surface area contributed by atoms with Crippen LogP contribution in [-0.4, -0.2) is 18.5 Å². The van der Waals surface area contributed by atoms with E-state index < -0.39 is 0 Å². The van der Waals surface area contributed by atoms with Gasteiger partial charge in [0.15, 0.2) is 0 Å². The van der Waals surface area contributed by atoms with Crippen molar-refractivity contribution in [2.45, 2.75) is 26.4 Å². The quantitative estimate of drug-likeness (QED) is 0.799. The average molecular weight is 231 g/mol. The Morgan fingerprint density at radius 2 is 2.24 bits per heavy atom. The van der Waals surface area contributed by atoms with E-state index in [0.717, 1.165) is 5.56 Å². The molecular formula is C13H17N3O. The SMILES string of the molecule is CC(C)NC(=O)CNCc1cccc(C#N)c1. The van der Waals surface area contributed by atoms with Crippen LogP contribution in [0.5, 0.6) is 0 Å². The molecule has 0 saturated heterocycles. The maximum atomic E-state index is 11.3. The molecular weight excluding hydrogens is 214 g/mol. The summed E-state index contributed by atoms with van der Waals surface area (Å²) in [5, 5.41) is 14.6. The summed E-state index contributed by atoms with van der Waals surface area (Å²) in [6.45, 7) is 4.72. The molecule has 0 radical (unpaired) electrons. The minimum absolute atomic E-state index is 0.0172. The Morgan fingerprint density at radius 1 is 1.47 bits per heavy atom. The van der Waals surface area contributed by atoms with Crippen LogP contribution in [0, 0.1) is 11.3 Å². The van der Waals surface area contributed by atoms with E-state index in [4.69, 9.17) is 5.26 Å². The van der Waals surface area contributed by atoms with Gasteiger partial charge in [0.25, 0.3) is 0 Å². The van der Waals surface area contributed by atoms with Crippen LogP contribution in [0.2, 0.25) is 0 Å². The van der Waals surface area contributed by atoms with Gasteiger partial charge in [-0.05, 0) is 31.5 Å². The van der Waals surface area contributed by atoms with Gasteiger partial charge in [-0.2, -0.15) is 5.26 Å². The van der Waals surface area contributed by atoms with Gasteiger partial charge in [0.05, 0.1) is 18.2 Å². The Kier molecular flexibility index (Phi) is 5.18. The normalized spacial score (nSPS) is 10.0. The zero-order chi connectivity index (χ0) is 12.7. The predicted octanol–water partition coefficient (Wildman–Crippen LogP) is 1.17. The molecule has 0 spiro atoms. The van der Waals surface area contributed by atoms with Crippen LogP contribution in [0.4, 0.5) is 0 Å². The molecule has 1 rings (SSSR count). The second kappa shape index (κ2) is 6.66. The van der Waals surface area contributed by atoms with Crippen molar-refractivity contribution in [1.82, 2.24) is 10.6 Å². The summed E-state index contributed by atoms with van der Waals surface area (Å²) in [5.74, 6) is -0.0172. The van der Waals surface area contributed by atoms with Gasteiger partial charge >= 0.3 is 0 Å². The molecule has 1 aromatic carbocycles. The molecule has 0 bridgehead atoms. The number of hydrogen-bond acceptors (Lipinski definition) is 3. The van der Waals surface area contributed by atoms with Gasteiger partial charge in [-0.1, -0.05) is 12.1 Å². The fraction of sp³-hybridized carbons (Fsp3) is 0.385. The zero-order valence-electron chi connectivity index (χ0n) is 10.2. The fourth-order valence-corrected chi connectivity index (χ4v) is 1.44. The number of rotatable bonds is 5. The fourth-order valence-electron chi connectivity index (χ4n) is 1.44. The number of carbonyl (C=O) groups excluding carboxylic acids is 1. The largest absolute Gasteiger partial charge is 0.353 e. The second-order valence-corrected chi connectivity index (χ2v) is 4.14. The third kappa shape index (κ3) is 5.14. The topological polar surface area (TPSA) is 64.9 Å². The lowest BCUT2D eigenvalue weighted by Crippen LogP contribution is -2.37. The van der Waals surface area contributed by atoms with Gasteiger partial charge in [0.1, 0.15) is 0 Å². The van der Waals surface area contributed by atoms with Crippen molar-refractivity contribution in [2.75, 3.05) is 6.54 Å².